The Hall–Kier alpha value is -2.02. The van der Waals surface area contributed by atoms with E-state index in [9.17, 15) is 9.59 Å². The maximum Gasteiger partial charge on any atom is 0.310 e. The molecule has 0 N–H and O–H groups in total. The Balaban J connectivity index is 1.39. The van der Waals surface area contributed by atoms with E-state index in [4.69, 9.17) is 9.72 Å². The number of cyclic esters (lactones) is 1. The third-order valence-corrected chi connectivity index (χ3v) is 6.16. The lowest BCUT2D eigenvalue weighted by molar-refractivity contribution is -0.150. The van der Waals surface area contributed by atoms with Crippen LogP contribution in [0.4, 0.5) is 0 Å². The van der Waals surface area contributed by atoms with Crippen LogP contribution in [0.2, 0.25) is 0 Å². The number of ether oxygens (including phenoxy) is 1. The van der Waals surface area contributed by atoms with Crippen molar-refractivity contribution in [3.05, 3.63) is 23.3 Å². The van der Waals surface area contributed by atoms with Gasteiger partial charge in [0, 0.05) is 56.6 Å². The van der Waals surface area contributed by atoms with E-state index in [0.29, 0.717) is 25.4 Å². The number of hydrogen-bond acceptors (Lipinski definition) is 6. The Morgan fingerprint density at radius 1 is 1.36 bits per heavy atom. The lowest BCUT2D eigenvalue weighted by Crippen LogP contribution is -2.38. The zero-order chi connectivity index (χ0) is 19.9. The fraction of sp³-hybridized carbons (Fsp3) is 0.714. The number of carbonyl (C=O) groups excluding carboxylic acids is 2. The Bertz CT molecular complexity index is 779. The van der Waals surface area contributed by atoms with Gasteiger partial charge in [-0.2, -0.15) is 0 Å². The van der Waals surface area contributed by atoms with Gasteiger partial charge in [-0.3, -0.25) is 9.59 Å². The van der Waals surface area contributed by atoms with Gasteiger partial charge in [-0.15, -0.1) is 0 Å². The first-order valence-corrected chi connectivity index (χ1v) is 10.3. The van der Waals surface area contributed by atoms with Gasteiger partial charge in [-0.25, -0.2) is 9.97 Å². The molecule has 7 nitrogen and oxygen atoms in total. The number of rotatable bonds is 3. The highest BCUT2D eigenvalue weighted by atomic mass is 16.6. The summed E-state index contributed by atoms with van der Waals surface area (Å²) in [5, 5.41) is 0. The molecule has 3 aliphatic heterocycles. The molecule has 1 aromatic heterocycles. The fourth-order valence-electron chi connectivity index (χ4n) is 4.69. The second kappa shape index (κ2) is 7.43. The molecule has 1 aromatic rings. The van der Waals surface area contributed by atoms with Gasteiger partial charge in [-0.05, 0) is 40.3 Å². The van der Waals surface area contributed by atoms with Crippen LogP contribution in [0, 0.1) is 5.92 Å². The smallest absolute Gasteiger partial charge is 0.310 e. The molecule has 2 saturated heterocycles. The summed E-state index contributed by atoms with van der Waals surface area (Å²) in [6.45, 7) is 7.13. The monoisotopic (exact) mass is 386 g/mol. The van der Waals surface area contributed by atoms with E-state index < -0.39 is 5.60 Å². The summed E-state index contributed by atoms with van der Waals surface area (Å²) >= 11 is 0. The maximum absolute atomic E-state index is 12.7. The first kappa shape index (κ1) is 19.3. The van der Waals surface area contributed by atoms with Crippen LogP contribution < -0.4 is 0 Å². The molecule has 3 aliphatic rings. The summed E-state index contributed by atoms with van der Waals surface area (Å²) in [5.74, 6) is 0.789. The zero-order valence-corrected chi connectivity index (χ0v) is 17.1. The number of nitrogens with zero attached hydrogens (tertiary/aromatic N) is 4. The van der Waals surface area contributed by atoms with Gasteiger partial charge in [0.05, 0.1) is 11.6 Å². The number of carbonyl (C=O) groups is 2. The molecule has 2 fully saturated rings. The molecule has 0 saturated carbocycles. The molecule has 7 heteroatoms. The van der Waals surface area contributed by atoms with E-state index in [2.05, 4.69) is 16.9 Å². The van der Waals surface area contributed by atoms with Crippen LogP contribution in [0.5, 0.6) is 0 Å². The van der Waals surface area contributed by atoms with Crippen molar-refractivity contribution in [2.45, 2.75) is 64.0 Å². The number of likely N-dealkylation sites (tertiary alicyclic amines) is 1. The average Bonchev–Trinajstić information content (AvgIpc) is 2.92. The predicted molar refractivity (Wildman–Crippen MR) is 104 cm³/mol. The van der Waals surface area contributed by atoms with Gasteiger partial charge in [0.15, 0.2) is 0 Å². The molecule has 0 aliphatic carbocycles. The second-order valence-electron chi connectivity index (χ2n) is 9.15. The van der Waals surface area contributed by atoms with Crippen LogP contribution >= 0.6 is 0 Å². The number of likely N-dealkylation sites (N-methyl/N-ethyl adjacent to an activating group) is 1. The normalized spacial score (nSPS) is 27.4. The highest BCUT2D eigenvalue weighted by molar-refractivity contribution is 5.84. The lowest BCUT2D eigenvalue weighted by Gasteiger charge is -2.31. The molecule has 0 bridgehead atoms. The molecule has 0 unspecified atom stereocenters. The quantitative estimate of drug-likeness (QED) is 0.739. The molecule has 28 heavy (non-hydrogen) atoms. The molecule has 0 aromatic carbocycles. The highest BCUT2D eigenvalue weighted by Gasteiger charge is 2.41. The van der Waals surface area contributed by atoms with Crippen LogP contribution in [0.15, 0.2) is 6.20 Å². The van der Waals surface area contributed by atoms with Crippen molar-refractivity contribution < 1.29 is 14.3 Å². The summed E-state index contributed by atoms with van der Waals surface area (Å²) in [4.78, 5) is 38.4. The van der Waals surface area contributed by atoms with Gasteiger partial charge in [0.1, 0.15) is 11.4 Å². The lowest BCUT2D eigenvalue weighted by atomic mass is 9.94. The Morgan fingerprint density at radius 3 is 2.89 bits per heavy atom. The third kappa shape index (κ3) is 4.04. The molecule has 1 amide bonds. The van der Waals surface area contributed by atoms with Crippen molar-refractivity contribution in [3.63, 3.8) is 0 Å². The third-order valence-electron chi connectivity index (χ3n) is 6.16. The number of amides is 1. The predicted octanol–water partition coefficient (Wildman–Crippen LogP) is 1.90. The largest absolute Gasteiger partial charge is 0.459 e. The Kier molecular flexibility index (Phi) is 5.12. The van der Waals surface area contributed by atoms with Crippen molar-refractivity contribution in [2.75, 3.05) is 26.7 Å². The van der Waals surface area contributed by atoms with Crippen molar-refractivity contribution in [1.82, 2.24) is 19.8 Å². The fourth-order valence-corrected chi connectivity index (χ4v) is 4.69. The van der Waals surface area contributed by atoms with E-state index in [1.54, 1.807) is 0 Å². The standard InChI is InChI=1S/C21H30N4O3/c1-21(2)10-15(20(27)28-21)9-18(26)25-8-6-17-16(13-25)11-22-19(23-17)14-5-4-7-24(3)12-14/h11,14-15H,4-10,12-13H2,1-3H3/t14-,15-/m1/s1. The number of aromatic nitrogens is 2. The maximum atomic E-state index is 12.7. The van der Waals surface area contributed by atoms with Gasteiger partial charge < -0.3 is 14.5 Å². The van der Waals surface area contributed by atoms with Crippen molar-refractivity contribution in [3.8, 4) is 0 Å². The SMILES string of the molecule is CN1CCC[C@@H](c2ncc3c(n2)CCN(C(=O)C[C@@H]2CC(C)(C)OC2=O)C3)C1. The van der Waals surface area contributed by atoms with Crippen LogP contribution in [-0.2, 0) is 27.3 Å². The number of piperidine rings is 1. The summed E-state index contributed by atoms with van der Waals surface area (Å²) in [6.07, 6.45) is 5.81. The van der Waals surface area contributed by atoms with E-state index in [1.165, 1.54) is 6.42 Å². The van der Waals surface area contributed by atoms with Gasteiger partial charge in [0.25, 0.3) is 0 Å². The molecule has 0 spiro atoms. The van der Waals surface area contributed by atoms with Gasteiger partial charge in [0.2, 0.25) is 5.91 Å². The zero-order valence-electron chi connectivity index (χ0n) is 17.1. The van der Waals surface area contributed by atoms with E-state index >= 15 is 0 Å². The van der Waals surface area contributed by atoms with E-state index in [1.807, 2.05) is 24.9 Å². The minimum absolute atomic E-state index is 0.0169. The van der Waals surface area contributed by atoms with Gasteiger partial charge >= 0.3 is 5.97 Å². The highest BCUT2D eigenvalue weighted by Crippen LogP contribution is 2.33. The summed E-state index contributed by atoms with van der Waals surface area (Å²) in [7, 11) is 2.15. The number of esters is 1. The Labute approximate surface area is 166 Å². The van der Waals surface area contributed by atoms with Gasteiger partial charge in [-0.1, -0.05) is 0 Å². The molecule has 0 radical (unpaired) electrons. The molecule has 2 atom stereocenters. The molecule has 4 heterocycles. The average molecular weight is 386 g/mol. The molecular formula is C21H30N4O3. The first-order valence-electron chi connectivity index (χ1n) is 10.3. The van der Waals surface area contributed by atoms with Crippen LogP contribution in [0.1, 0.15) is 62.5 Å². The minimum Gasteiger partial charge on any atom is -0.459 e. The topological polar surface area (TPSA) is 75.6 Å². The first-order chi connectivity index (χ1) is 13.3. The van der Waals surface area contributed by atoms with E-state index in [0.717, 1.165) is 43.0 Å². The number of fused-ring (bicyclic) bond motifs is 1. The van der Waals surface area contributed by atoms with Crippen LogP contribution in [-0.4, -0.2) is 63.9 Å². The van der Waals surface area contributed by atoms with Crippen molar-refractivity contribution in [2.24, 2.45) is 5.92 Å². The van der Waals surface area contributed by atoms with E-state index in [-0.39, 0.29) is 24.2 Å². The molecular weight excluding hydrogens is 356 g/mol. The van der Waals surface area contributed by atoms with Crippen molar-refractivity contribution >= 4 is 11.9 Å². The summed E-state index contributed by atoms with van der Waals surface area (Å²) in [6, 6.07) is 0. The molecule has 4 rings (SSSR count). The number of hydrogen-bond donors (Lipinski definition) is 0. The van der Waals surface area contributed by atoms with Crippen LogP contribution in [0.25, 0.3) is 0 Å². The summed E-state index contributed by atoms with van der Waals surface area (Å²) in [5.41, 5.74) is 1.64. The second-order valence-corrected chi connectivity index (χ2v) is 9.15. The minimum atomic E-state index is -0.464. The van der Waals surface area contributed by atoms with Crippen molar-refractivity contribution in [1.29, 1.82) is 0 Å². The Morgan fingerprint density at radius 2 is 2.18 bits per heavy atom. The molecule has 152 valence electrons. The summed E-state index contributed by atoms with van der Waals surface area (Å²) < 4.78 is 5.35. The van der Waals surface area contributed by atoms with Crippen LogP contribution in [0.3, 0.4) is 0 Å².